The van der Waals surface area contributed by atoms with Crippen molar-refractivity contribution in [3.05, 3.63) is 59.9 Å². The topological polar surface area (TPSA) is 92.0 Å². The second-order valence-electron chi connectivity index (χ2n) is 6.70. The molecule has 0 amide bonds. The van der Waals surface area contributed by atoms with Crippen molar-refractivity contribution in [1.82, 2.24) is 20.2 Å². The van der Waals surface area contributed by atoms with Crippen LogP contribution in [0.1, 0.15) is 29.3 Å². The van der Waals surface area contributed by atoms with Gasteiger partial charge in [-0.15, -0.1) is 0 Å². The smallest absolute Gasteiger partial charge is 0.181 e. The van der Waals surface area contributed by atoms with Gasteiger partial charge in [0.25, 0.3) is 0 Å². The highest BCUT2D eigenvalue weighted by Gasteiger charge is 2.24. The number of anilines is 1. The maximum Gasteiger partial charge on any atom is 0.181 e. The van der Waals surface area contributed by atoms with Crippen LogP contribution < -0.4 is 5.32 Å². The Morgan fingerprint density at radius 3 is 3.11 bits per heavy atom. The Bertz CT molecular complexity index is 1110. The summed E-state index contributed by atoms with van der Waals surface area (Å²) < 4.78 is 5.40. The predicted octanol–water partition coefficient (Wildman–Crippen LogP) is 3.91. The molecular weight excluding hydrogens is 340 g/mol. The fraction of sp³-hybridized carbons (Fsp3) is 0.200. The molecule has 0 saturated heterocycles. The van der Waals surface area contributed by atoms with Gasteiger partial charge in [-0.1, -0.05) is 6.07 Å². The van der Waals surface area contributed by atoms with Crippen LogP contribution in [0.2, 0.25) is 0 Å². The maximum absolute atomic E-state index is 5.40. The number of fused-ring (bicyclic) bond motifs is 2. The lowest BCUT2D eigenvalue weighted by Gasteiger charge is -2.15. The zero-order valence-corrected chi connectivity index (χ0v) is 14.6. The summed E-state index contributed by atoms with van der Waals surface area (Å²) in [6.07, 6.45) is 7.01. The highest BCUT2D eigenvalue weighted by atomic mass is 16.3. The van der Waals surface area contributed by atoms with Crippen molar-refractivity contribution >= 4 is 23.3 Å². The molecule has 1 aliphatic rings. The number of aliphatic imine (C=N–C) groups is 1. The molecule has 0 spiro atoms. The standard InChI is InChI=1S/C20H18N6O/c1-21-8-12-6-13-2-4-17(19(13)23-9-12)24-14-3-5-16-15(7-14)20(26-25-16)18-10-22-11-27-18/h3,5-7,9-11,17,24H,1-2,4,8H2,(H,25,26). The van der Waals surface area contributed by atoms with Crippen LogP contribution in [0.3, 0.4) is 0 Å². The van der Waals surface area contributed by atoms with Crippen molar-refractivity contribution in [2.75, 3.05) is 5.32 Å². The Balaban J connectivity index is 1.44. The van der Waals surface area contributed by atoms with Crippen LogP contribution in [0.4, 0.5) is 5.69 Å². The van der Waals surface area contributed by atoms with Crippen LogP contribution in [0.5, 0.6) is 0 Å². The van der Waals surface area contributed by atoms with Gasteiger partial charge in [0.15, 0.2) is 12.2 Å². The Labute approximate surface area is 155 Å². The summed E-state index contributed by atoms with van der Waals surface area (Å²) in [5, 5.41) is 12.0. The molecule has 0 radical (unpaired) electrons. The van der Waals surface area contributed by atoms with Gasteiger partial charge >= 0.3 is 0 Å². The van der Waals surface area contributed by atoms with Crippen LogP contribution in [0, 0.1) is 0 Å². The first-order valence-electron chi connectivity index (χ1n) is 8.85. The van der Waals surface area contributed by atoms with E-state index in [1.165, 1.54) is 12.0 Å². The molecule has 1 aliphatic carbocycles. The first-order chi connectivity index (χ1) is 13.3. The van der Waals surface area contributed by atoms with Crippen LogP contribution in [-0.2, 0) is 13.0 Å². The molecule has 1 aromatic carbocycles. The normalized spacial score (nSPS) is 15.8. The van der Waals surface area contributed by atoms with E-state index in [4.69, 9.17) is 4.42 Å². The number of pyridine rings is 1. The number of hydrogen-bond donors (Lipinski definition) is 2. The number of nitrogens with one attached hydrogen (secondary N) is 2. The highest BCUT2D eigenvalue weighted by molar-refractivity contribution is 5.93. The fourth-order valence-corrected chi connectivity index (χ4v) is 3.70. The molecule has 5 rings (SSSR count). The van der Waals surface area contributed by atoms with E-state index in [1.54, 1.807) is 6.20 Å². The van der Waals surface area contributed by atoms with Gasteiger partial charge in [0.2, 0.25) is 0 Å². The van der Waals surface area contributed by atoms with Gasteiger partial charge in [-0.2, -0.15) is 5.10 Å². The summed E-state index contributed by atoms with van der Waals surface area (Å²) in [4.78, 5) is 12.6. The number of hydrogen-bond acceptors (Lipinski definition) is 6. The van der Waals surface area contributed by atoms with Gasteiger partial charge < -0.3 is 9.73 Å². The zero-order chi connectivity index (χ0) is 18.2. The van der Waals surface area contributed by atoms with E-state index in [0.29, 0.717) is 12.3 Å². The molecular formula is C20H18N6O. The largest absolute Gasteiger partial charge is 0.442 e. The third-order valence-electron chi connectivity index (χ3n) is 4.95. The van der Waals surface area contributed by atoms with Crippen LogP contribution in [0.25, 0.3) is 22.4 Å². The predicted molar refractivity (Wildman–Crippen MR) is 104 cm³/mol. The van der Waals surface area contributed by atoms with E-state index in [0.717, 1.165) is 46.4 Å². The van der Waals surface area contributed by atoms with Gasteiger partial charge in [0.05, 0.1) is 30.0 Å². The Morgan fingerprint density at radius 1 is 1.30 bits per heavy atom. The number of nitrogens with zero attached hydrogens (tertiary/aromatic N) is 4. The van der Waals surface area contributed by atoms with Gasteiger partial charge in [-0.3, -0.25) is 15.1 Å². The minimum Gasteiger partial charge on any atom is -0.442 e. The second-order valence-corrected chi connectivity index (χ2v) is 6.70. The molecule has 0 aliphatic heterocycles. The lowest BCUT2D eigenvalue weighted by molar-refractivity contribution is 0.570. The Kier molecular flexibility index (Phi) is 3.71. The van der Waals surface area contributed by atoms with E-state index >= 15 is 0 Å². The molecule has 2 N–H and O–H groups in total. The summed E-state index contributed by atoms with van der Waals surface area (Å²) >= 11 is 0. The number of rotatable bonds is 5. The zero-order valence-electron chi connectivity index (χ0n) is 14.6. The molecule has 7 heteroatoms. The number of aryl methyl sites for hydroxylation is 1. The molecule has 134 valence electrons. The van der Waals surface area contributed by atoms with Gasteiger partial charge in [-0.25, -0.2) is 4.98 Å². The van der Waals surface area contributed by atoms with Crippen molar-refractivity contribution in [3.8, 4) is 11.5 Å². The summed E-state index contributed by atoms with van der Waals surface area (Å²) in [6.45, 7) is 4.17. The van der Waals surface area contributed by atoms with E-state index < -0.39 is 0 Å². The number of oxazole rings is 1. The number of benzene rings is 1. The van der Waals surface area contributed by atoms with Crippen molar-refractivity contribution in [3.63, 3.8) is 0 Å². The maximum atomic E-state index is 5.40. The Hall–Kier alpha value is -3.48. The molecule has 1 atom stereocenters. The molecule has 1 unspecified atom stereocenters. The molecule has 27 heavy (non-hydrogen) atoms. The minimum atomic E-state index is 0.198. The Morgan fingerprint density at radius 2 is 2.26 bits per heavy atom. The lowest BCUT2D eigenvalue weighted by Crippen LogP contribution is -2.08. The first-order valence-corrected chi connectivity index (χ1v) is 8.85. The van der Waals surface area contributed by atoms with Gasteiger partial charge in [-0.05, 0) is 48.9 Å². The third-order valence-corrected chi connectivity index (χ3v) is 4.95. The van der Waals surface area contributed by atoms with Crippen LogP contribution >= 0.6 is 0 Å². The molecule has 0 fully saturated rings. The van der Waals surface area contributed by atoms with Crippen LogP contribution in [0.15, 0.2) is 52.5 Å². The molecule has 0 bridgehead atoms. The first kappa shape index (κ1) is 15.7. The van der Waals surface area contributed by atoms with E-state index in [2.05, 4.69) is 55.4 Å². The van der Waals surface area contributed by atoms with Crippen molar-refractivity contribution in [2.45, 2.75) is 25.4 Å². The molecule has 3 aromatic heterocycles. The molecule has 7 nitrogen and oxygen atoms in total. The summed E-state index contributed by atoms with van der Waals surface area (Å²) in [7, 11) is 0. The van der Waals surface area contributed by atoms with E-state index in [9.17, 15) is 0 Å². The lowest BCUT2D eigenvalue weighted by atomic mass is 10.1. The fourth-order valence-electron chi connectivity index (χ4n) is 3.70. The van der Waals surface area contributed by atoms with Crippen molar-refractivity contribution in [1.29, 1.82) is 0 Å². The van der Waals surface area contributed by atoms with E-state index in [1.807, 2.05) is 12.3 Å². The SMILES string of the molecule is C=NCc1cnc2c(c1)CCC2Nc1ccc2[nH]nc(-c3cnco3)c2c1. The van der Waals surface area contributed by atoms with Gasteiger partial charge in [0.1, 0.15) is 5.69 Å². The molecule has 0 saturated carbocycles. The van der Waals surface area contributed by atoms with Crippen molar-refractivity contribution in [2.24, 2.45) is 4.99 Å². The monoisotopic (exact) mass is 358 g/mol. The summed E-state index contributed by atoms with van der Waals surface area (Å²) in [5.74, 6) is 0.648. The van der Waals surface area contributed by atoms with E-state index in [-0.39, 0.29) is 6.04 Å². The second kappa shape index (κ2) is 6.35. The molecule has 4 aromatic rings. The summed E-state index contributed by atoms with van der Waals surface area (Å²) in [6, 6.07) is 8.56. The van der Waals surface area contributed by atoms with Crippen LogP contribution in [-0.4, -0.2) is 26.9 Å². The average molecular weight is 358 g/mol. The average Bonchev–Trinajstić information content (AvgIpc) is 3.41. The quantitative estimate of drug-likeness (QED) is 0.528. The summed E-state index contributed by atoms with van der Waals surface area (Å²) in [5.41, 5.74) is 6.27. The number of H-pyrrole nitrogens is 1. The number of aromatic amines is 1. The van der Waals surface area contributed by atoms with Crippen molar-refractivity contribution < 1.29 is 4.42 Å². The molecule has 3 heterocycles. The number of aromatic nitrogens is 4. The highest BCUT2D eigenvalue weighted by Crippen LogP contribution is 2.34. The third kappa shape index (κ3) is 2.77. The van der Waals surface area contributed by atoms with Gasteiger partial charge in [0, 0.05) is 17.3 Å². The minimum absolute atomic E-state index is 0.198.